The third-order valence-electron chi connectivity index (χ3n) is 4.34. The van der Waals surface area contributed by atoms with Crippen LogP contribution in [0.2, 0.25) is 0 Å². The summed E-state index contributed by atoms with van der Waals surface area (Å²) in [5.74, 6) is 0.969. The Bertz CT molecular complexity index is 467. The van der Waals surface area contributed by atoms with Gasteiger partial charge in [0.1, 0.15) is 5.75 Å². The number of rotatable bonds is 5. The van der Waals surface area contributed by atoms with E-state index < -0.39 is 0 Å². The molecule has 2 rings (SSSR count). The Morgan fingerprint density at radius 2 is 2.35 bits per heavy atom. The number of carbonyl (C=O) groups excluding carboxylic acids is 1. The van der Waals surface area contributed by atoms with Crippen molar-refractivity contribution in [2.45, 2.75) is 32.7 Å². The summed E-state index contributed by atoms with van der Waals surface area (Å²) >= 11 is 0. The van der Waals surface area contributed by atoms with Gasteiger partial charge in [-0.2, -0.15) is 0 Å². The molecule has 0 saturated carbocycles. The predicted octanol–water partition coefficient (Wildman–Crippen LogP) is 2.26. The van der Waals surface area contributed by atoms with Gasteiger partial charge >= 0.3 is 0 Å². The molecule has 2 N–H and O–H groups in total. The molecule has 110 valence electrons. The standard InChI is InChI=1S/C16H24N2O2/c1-4-16(8-9-17-11-16)15(19)18-12(2)13-6-5-7-14(10-13)20-3/h5-7,10,12,17H,4,8-9,11H2,1-3H3,(H,18,19)/t12-,16?/m0/s1. The molecule has 4 nitrogen and oxygen atoms in total. The van der Waals surface area contributed by atoms with Crippen LogP contribution in [0.3, 0.4) is 0 Å². The largest absolute Gasteiger partial charge is 0.497 e. The minimum atomic E-state index is -0.243. The molecule has 1 amide bonds. The molecule has 1 fully saturated rings. The minimum Gasteiger partial charge on any atom is -0.497 e. The number of hydrogen-bond acceptors (Lipinski definition) is 3. The number of carbonyl (C=O) groups is 1. The molecule has 20 heavy (non-hydrogen) atoms. The number of amides is 1. The summed E-state index contributed by atoms with van der Waals surface area (Å²) < 4.78 is 5.23. The number of ether oxygens (including phenoxy) is 1. The molecule has 1 unspecified atom stereocenters. The van der Waals surface area contributed by atoms with Crippen molar-refractivity contribution >= 4 is 5.91 Å². The van der Waals surface area contributed by atoms with Crippen molar-refractivity contribution < 1.29 is 9.53 Å². The summed E-state index contributed by atoms with van der Waals surface area (Å²) in [6, 6.07) is 7.83. The lowest BCUT2D eigenvalue weighted by atomic mass is 9.83. The van der Waals surface area contributed by atoms with Gasteiger partial charge in [0.05, 0.1) is 18.6 Å². The monoisotopic (exact) mass is 276 g/mol. The van der Waals surface area contributed by atoms with E-state index in [1.807, 2.05) is 31.2 Å². The van der Waals surface area contributed by atoms with Crippen LogP contribution in [0.1, 0.15) is 38.3 Å². The van der Waals surface area contributed by atoms with Gasteiger partial charge in [-0.3, -0.25) is 4.79 Å². The smallest absolute Gasteiger partial charge is 0.228 e. The fourth-order valence-corrected chi connectivity index (χ4v) is 2.74. The van der Waals surface area contributed by atoms with Gasteiger partial charge in [0.25, 0.3) is 0 Å². The molecule has 0 aliphatic carbocycles. The summed E-state index contributed by atoms with van der Waals surface area (Å²) in [5.41, 5.74) is 0.822. The van der Waals surface area contributed by atoms with Gasteiger partial charge < -0.3 is 15.4 Å². The average molecular weight is 276 g/mol. The van der Waals surface area contributed by atoms with Crippen molar-refractivity contribution in [3.05, 3.63) is 29.8 Å². The van der Waals surface area contributed by atoms with E-state index in [0.717, 1.165) is 37.2 Å². The van der Waals surface area contributed by atoms with Crippen LogP contribution in [-0.4, -0.2) is 26.1 Å². The van der Waals surface area contributed by atoms with Crippen molar-refractivity contribution in [1.29, 1.82) is 0 Å². The quantitative estimate of drug-likeness (QED) is 0.867. The molecular formula is C16H24N2O2. The summed E-state index contributed by atoms with van der Waals surface area (Å²) in [6.45, 7) is 5.80. The molecule has 1 aliphatic rings. The fourth-order valence-electron chi connectivity index (χ4n) is 2.74. The van der Waals surface area contributed by atoms with Gasteiger partial charge in [0, 0.05) is 6.54 Å². The van der Waals surface area contributed by atoms with Gasteiger partial charge in [-0.05, 0) is 44.0 Å². The first kappa shape index (κ1) is 14.9. The number of hydrogen-bond donors (Lipinski definition) is 2. The summed E-state index contributed by atoms with van der Waals surface area (Å²) in [6.07, 6.45) is 1.79. The van der Waals surface area contributed by atoms with Crippen LogP contribution < -0.4 is 15.4 Å². The zero-order chi connectivity index (χ0) is 14.6. The third kappa shape index (κ3) is 2.96. The van der Waals surface area contributed by atoms with Crippen LogP contribution in [0.4, 0.5) is 0 Å². The SMILES string of the molecule is CCC1(C(=O)N[C@@H](C)c2cccc(OC)c2)CCNC1. The van der Waals surface area contributed by atoms with E-state index in [1.165, 1.54) is 0 Å². The molecule has 0 bridgehead atoms. The second-order valence-corrected chi connectivity index (χ2v) is 5.53. The molecule has 0 spiro atoms. The van der Waals surface area contributed by atoms with Crippen LogP contribution >= 0.6 is 0 Å². The first-order valence-corrected chi connectivity index (χ1v) is 7.27. The van der Waals surface area contributed by atoms with E-state index in [4.69, 9.17) is 4.74 Å². The highest BCUT2D eigenvalue weighted by molar-refractivity contribution is 5.83. The van der Waals surface area contributed by atoms with E-state index in [-0.39, 0.29) is 17.4 Å². The first-order valence-electron chi connectivity index (χ1n) is 7.27. The van der Waals surface area contributed by atoms with Crippen LogP contribution in [0.15, 0.2) is 24.3 Å². The summed E-state index contributed by atoms with van der Waals surface area (Å²) in [4.78, 5) is 12.6. The third-order valence-corrected chi connectivity index (χ3v) is 4.34. The van der Waals surface area contributed by atoms with Gasteiger partial charge in [-0.25, -0.2) is 0 Å². The Kier molecular flexibility index (Phi) is 4.65. The van der Waals surface area contributed by atoms with Crippen molar-refractivity contribution in [1.82, 2.24) is 10.6 Å². The maximum atomic E-state index is 12.6. The highest BCUT2D eigenvalue weighted by Crippen LogP contribution is 2.30. The van der Waals surface area contributed by atoms with Gasteiger partial charge in [0.2, 0.25) is 5.91 Å². The molecule has 1 aromatic rings. The van der Waals surface area contributed by atoms with E-state index in [9.17, 15) is 4.79 Å². The number of benzene rings is 1. The summed E-state index contributed by atoms with van der Waals surface area (Å²) in [7, 11) is 1.65. The van der Waals surface area contributed by atoms with E-state index in [1.54, 1.807) is 7.11 Å². The molecule has 0 radical (unpaired) electrons. The zero-order valence-corrected chi connectivity index (χ0v) is 12.5. The topological polar surface area (TPSA) is 50.4 Å². The molecule has 1 heterocycles. The van der Waals surface area contributed by atoms with E-state index in [2.05, 4.69) is 17.6 Å². The van der Waals surface area contributed by atoms with Gasteiger partial charge in [0.15, 0.2) is 0 Å². The molecule has 1 saturated heterocycles. The Labute approximate surface area is 120 Å². The minimum absolute atomic E-state index is 0.0124. The molecule has 0 aromatic heterocycles. The second-order valence-electron chi connectivity index (χ2n) is 5.53. The lowest BCUT2D eigenvalue weighted by Crippen LogP contribution is -2.43. The highest BCUT2D eigenvalue weighted by Gasteiger charge is 2.39. The highest BCUT2D eigenvalue weighted by atomic mass is 16.5. The van der Waals surface area contributed by atoms with Crippen molar-refractivity contribution in [3.8, 4) is 5.75 Å². The van der Waals surface area contributed by atoms with Crippen LogP contribution in [0.5, 0.6) is 5.75 Å². The van der Waals surface area contributed by atoms with Crippen LogP contribution in [0.25, 0.3) is 0 Å². The maximum Gasteiger partial charge on any atom is 0.228 e. The Morgan fingerprint density at radius 3 is 2.95 bits per heavy atom. The summed E-state index contributed by atoms with van der Waals surface area (Å²) in [5, 5.41) is 6.44. The van der Waals surface area contributed by atoms with Crippen molar-refractivity contribution in [3.63, 3.8) is 0 Å². The Balaban J connectivity index is 2.06. The first-order chi connectivity index (χ1) is 9.61. The zero-order valence-electron chi connectivity index (χ0n) is 12.5. The number of methoxy groups -OCH3 is 1. The molecule has 1 aromatic carbocycles. The normalized spacial score (nSPS) is 23.4. The van der Waals surface area contributed by atoms with Crippen LogP contribution in [-0.2, 0) is 4.79 Å². The van der Waals surface area contributed by atoms with Crippen LogP contribution in [0, 0.1) is 5.41 Å². The molecular weight excluding hydrogens is 252 g/mol. The molecule has 2 atom stereocenters. The van der Waals surface area contributed by atoms with E-state index >= 15 is 0 Å². The Hall–Kier alpha value is -1.55. The molecule has 4 heteroatoms. The maximum absolute atomic E-state index is 12.6. The number of nitrogens with one attached hydrogen (secondary N) is 2. The fraction of sp³-hybridized carbons (Fsp3) is 0.562. The van der Waals surface area contributed by atoms with E-state index in [0.29, 0.717) is 0 Å². The van der Waals surface area contributed by atoms with Gasteiger partial charge in [-0.15, -0.1) is 0 Å². The average Bonchev–Trinajstić information content (AvgIpc) is 2.97. The predicted molar refractivity (Wildman–Crippen MR) is 79.8 cm³/mol. The van der Waals surface area contributed by atoms with Crippen molar-refractivity contribution in [2.75, 3.05) is 20.2 Å². The second kappa shape index (κ2) is 6.27. The lowest BCUT2D eigenvalue weighted by molar-refractivity contribution is -0.131. The van der Waals surface area contributed by atoms with Crippen molar-refractivity contribution in [2.24, 2.45) is 5.41 Å². The Morgan fingerprint density at radius 1 is 1.55 bits per heavy atom. The molecule has 1 aliphatic heterocycles. The lowest BCUT2D eigenvalue weighted by Gasteiger charge is -2.27. The van der Waals surface area contributed by atoms with Gasteiger partial charge in [-0.1, -0.05) is 19.1 Å².